The van der Waals surface area contributed by atoms with Crippen molar-refractivity contribution in [2.24, 2.45) is 0 Å². The van der Waals surface area contributed by atoms with Gasteiger partial charge in [0.1, 0.15) is 0 Å². The highest BCUT2D eigenvalue weighted by molar-refractivity contribution is 5.85. The third kappa shape index (κ3) is 3.78. The molecule has 1 aromatic rings. The van der Waals surface area contributed by atoms with E-state index in [2.05, 4.69) is 50.4 Å². The van der Waals surface area contributed by atoms with Crippen molar-refractivity contribution < 1.29 is 5.11 Å². The molecule has 0 fully saturated rings. The van der Waals surface area contributed by atoms with Gasteiger partial charge >= 0.3 is 0 Å². The molecule has 0 aliphatic rings. The second kappa shape index (κ2) is 6.24. The Hall–Kier alpha value is -0.570. The number of halogens is 1. The quantitative estimate of drug-likeness (QED) is 0.856. The fourth-order valence-corrected chi connectivity index (χ4v) is 1.58. The van der Waals surface area contributed by atoms with Crippen LogP contribution in [0.3, 0.4) is 0 Å². The standard InChI is InChI=1S/C13H21NO.ClH/c1-13(2,3)11-7-5-10(6-8-11)12(9-15)14-4;/h5-8,12,14-15H,9H2,1-4H3;1H/t12-;/m1./s1. The molecule has 0 aromatic heterocycles. The number of likely N-dealkylation sites (N-methyl/N-ethyl adjacent to an activating group) is 1. The largest absolute Gasteiger partial charge is 0.394 e. The third-order valence-electron chi connectivity index (χ3n) is 2.71. The van der Waals surface area contributed by atoms with Gasteiger partial charge in [0, 0.05) is 0 Å². The van der Waals surface area contributed by atoms with E-state index in [1.807, 2.05) is 7.05 Å². The average Bonchev–Trinajstić information content (AvgIpc) is 2.19. The van der Waals surface area contributed by atoms with Crippen LogP contribution in [-0.4, -0.2) is 18.8 Å². The Labute approximate surface area is 104 Å². The monoisotopic (exact) mass is 243 g/mol. The highest BCUT2D eigenvalue weighted by atomic mass is 35.5. The van der Waals surface area contributed by atoms with Gasteiger partial charge in [0.2, 0.25) is 0 Å². The van der Waals surface area contributed by atoms with Crippen LogP contribution in [0.25, 0.3) is 0 Å². The van der Waals surface area contributed by atoms with Crippen LogP contribution in [0, 0.1) is 0 Å². The molecule has 0 aliphatic heterocycles. The molecule has 0 heterocycles. The Bertz CT molecular complexity index is 299. The van der Waals surface area contributed by atoms with Gasteiger partial charge in [0.05, 0.1) is 12.6 Å². The first-order chi connectivity index (χ1) is 6.99. The molecule has 0 radical (unpaired) electrons. The van der Waals surface area contributed by atoms with Crippen LogP contribution in [-0.2, 0) is 5.41 Å². The van der Waals surface area contributed by atoms with Gasteiger partial charge in [-0.3, -0.25) is 0 Å². The van der Waals surface area contributed by atoms with E-state index in [1.165, 1.54) is 5.56 Å². The number of aliphatic hydroxyl groups is 1. The second-order valence-corrected chi connectivity index (χ2v) is 4.90. The fraction of sp³-hybridized carbons (Fsp3) is 0.538. The first-order valence-electron chi connectivity index (χ1n) is 5.37. The maximum absolute atomic E-state index is 9.15. The van der Waals surface area contributed by atoms with Crippen LogP contribution in [0.5, 0.6) is 0 Å². The molecule has 0 aliphatic carbocycles. The zero-order valence-electron chi connectivity index (χ0n) is 10.4. The summed E-state index contributed by atoms with van der Waals surface area (Å²) in [6.07, 6.45) is 0. The predicted molar refractivity (Wildman–Crippen MR) is 71.3 cm³/mol. The van der Waals surface area contributed by atoms with Gasteiger partial charge in [-0.15, -0.1) is 12.4 Å². The Morgan fingerprint density at radius 2 is 1.69 bits per heavy atom. The molecule has 92 valence electrons. The summed E-state index contributed by atoms with van der Waals surface area (Å²) in [6.45, 7) is 6.72. The van der Waals surface area contributed by atoms with Crippen LogP contribution < -0.4 is 5.32 Å². The zero-order chi connectivity index (χ0) is 11.5. The molecule has 2 nitrogen and oxygen atoms in total. The summed E-state index contributed by atoms with van der Waals surface area (Å²) in [5, 5.41) is 12.2. The van der Waals surface area contributed by atoms with E-state index in [4.69, 9.17) is 5.11 Å². The van der Waals surface area contributed by atoms with Gasteiger partial charge in [-0.05, 0) is 23.6 Å². The lowest BCUT2D eigenvalue weighted by molar-refractivity contribution is 0.251. The van der Waals surface area contributed by atoms with Crippen LogP contribution >= 0.6 is 12.4 Å². The van der Waals surface area contributed by atoms with E-state index in [1.54, 1.807) is 0 Å². The van der Waals surface area contributed by atoms with Crippen molar-refractivity contribution in [3.63, 3.8) is 0 Å². The molecule has 3 heteroatoms. The number of hydrogen-bond donors (Lipinski definition) is 2. The van der Waals surface area contributed by atoms with Gasteiger partial charge in [-0.1, -0.05) is 45.0 Å². The molecule has 0 saturated carbocycles. The van der Waals surface area contributed by atoms with E-state index in [-0.39, 0.29) is 30.5 Å². The lowest BCUT2D eigenvalue weighted by atomic mass is 9.86. The summed E-state index contributed by atoms with van der Waals surface area (Å²) in [4.78, 5) is 0. The topological polar surface area (TPSA) is 32.3 Å². The van der Waals surface area contributed by atoms with E-state index in [9.17, 15) is 0 Å². The Morgan fingerprint density at radius 1 is 1.19 bits per heavy atom. The molecule has 1 rings (SSSR count). The lowest BCUT2D eigenvalue weighted by Crippen LogP contribution is -2.20. The van der Waals surface area contributed by atoms with E-state index in [0.29, 0.717) is 0 Å². The first-order valence-corrected chi connectivity index (χ1v) is 5.37. The molecule has 0 saturated heterocycles. The summed E-state index contributed by atoms with van der Waals surface area (Å²) < 4.78 is 0. The number of aliphatic hydroxyl groups excluding tert-OH is 1. The highest BCUT2D eigenvalue weighted by Crippen LogP contribution is 2.23. The number of nitrogens with one attached hydrogen (secondary N) is 1. The molecule has 0 amide bonds. The lowest BCUT2D eigenvalue weighted by Gasteiger charge is -2.20. The van der Waals surface area contributed by atoms with Crippen LogP contribution in [0.1, 0.15) is 37.9 Å². The summed E-state index contributed by atoms with van der Waals surface area (Å²) in [6, 6.07) is 8.47. The van der Waals surface area contributed by atoms with Crippen molar-refractivity contribution in [3.8, 4) is 0 Å². The van der Waals surface area contributed by atoms with Crippen molar-refractivity contribution in [2.75, 3.05) is 13.7 Å². The summed E-state index contributed by atoms with van der Waals surface area (Å²) in [5.41, 5.74) is 2.64. The van der Waals surface area contributed by atoms with Gasteiger partial charge in [-0.2, -0.15) is 0 Å². The summed E-state index contributed by atoms with van der Waals surface area (Å²) in [5.74, 6) is 0. The summed E-state index contributed by atoms with van der Waals surface area (Å²) in [7, 11) is 1.86. The molecule has 1 aromatic carbocycles. The SMILES string of the molecule is CN[C@H](CO)c1ccc(C(C)(C)C)cc1.Cl. The normalized spacial score (nSPS) is 13.1. The van der Waals surface area contributed by atoms with Crippen molar-refractivity contribution >= 4 is 12.4 Å². The molecule has 0 bridgehead atoms. The number of rotatable bonds is 3. The minimum atomic E-state index is 0. The highest BCUT2D eigenvalue weighted by Gasteiger charge is 2.14. The first kappa shape index (κ1) is 15.4. The fourth-order valence-electron chi connectivity index (χ4n) is 1.58. The molecular formula is C13H22ClNO. The molecule has 0 spiro atoms. The second-order valence-electron chi connectivity index (χ2n) is 4.90. The molecule has 16 heavy (non-hydrogen) atoms. The molecular weight excluding hydrogens is 222 g/mol. The molecule has 2 N–H and O–H groups in total. The van der Waals surface area contributed by atoms with Crippen molar-refractivity contribution in [2.45, 2.75) is 32.2 Å². The smallest absolute Gasteiger partial charge is 0.0626 e. The van der Waals surface area contributed by atoms with E-state index < -0.39 is 0 Å². The zero-order valence-corrected chi connectivity index (χ0v) is 11.3. The molecule has 0 unspecified atom stereocenters. The Kier molecular flexibility index (Phi) is 6.01. The Balaban J connectivity index is 0.00000225. The van der Waals surface area contributed by atoms with Crippen LogP contribution in [0.4, 0.5) is 0 Å². The number of hydrogen-bond acceptors (Lipinski definition) is 2. The van der Waals surface area contributed by atoms with Crippen molar-refractivity contribution in [1.29, 1.82) is 0 Å². The van der Waals surface area contributed by atoms with E-state index >= 15 is 0 Å². The average molecular weight is 244 g/mol. The Morgan fingerprint density at radius 3 is 2.00 bits per heavy atom. The maximum atomic E-state index is 9.15. The van der Waals surface area contributed by atoms with Crippen molar-refractivity contribution in [1.82, 2.24) is 5.32 Å². The maximum Gasteiger partial charge on any atom is 0.0626 e. The summed E-state index contributed by atoms with van der Waals surface area (Å²) >= 11 is 0. The molecule has 1 atom stereocenters. The number of benzene rings is 1. The van der Waals surface area contributed by atoms with Crippen LogP contribution in [0.2, 0.25) is 0 Å². The predicted octanol–water partition coefficient (Wildman–Crippen LogP) is 2.66. The van der Waals surface area contributed by atoms with Gasteiger partial charge in [-0.25, -0.2) is 0 Å². The van der Waals surface area contributed by atoms with Crippen molar-refractivity contribution in [3.05, 3.63) is 35.4 Å². The van der Waals surface area contributed by atoms with Gasteiger partial charge in [0.15, 0.2) is 0 Å². The minimum absolute atomic E-state index is 0. The minimum Gasteiger partial charge on any atom is -0.394 e. The van der Waals surface area contributed by atoms with Gasteiger partial charge in [0.25, 0.3) is 0 Å². The van der Waals surface area contributed by atoms with E-state index in [0.717, 1.165) is 5.56 Å². The van der Waals surface area contributed by atoms with Crippen LogP contribution in [0.15, 0.2) is 24.3 Å². The van der Waals surface area contributed by atoms with Gasteiger partial charge < -0.3 is 10.4 Å². The third-order valence-corrected chi connectivity index (χ3v) is 2.71.